The molecule has 2 heterocycles. The average molecular weight is 918 g/mol. The van der Waals surface area contributed by atoms with Crippen LogP contribution in [-0.4, -0.2) is 26.5 Å². The van der Waals surface area contributed by atoms with E-state index in [1.807, 2.05) is 59.4 Å². The van der Waals surface area contributed by atoms with Gasteiger partial charge in [-0.25, -0.2) is 4.68 Å². The Hall–Kier alpha value is 2.08. The van der Waals surface area contributed by atoms with E-state index < -0.39 is 0 Å². The first kappa shape index (κ1) is 38.6. The van der Waals surface area contributed by atoms with Crippen LogP contribution >= 0.6 is 54.5 Å². The molecule has 0 unspecified atom stereocenters. The second kappa shape index (κ2) is 26.2. The van der Waals surface area contributed by atoms with E-state index in [0.29, 0.717) is 0 Å². The van der Waals surface area contributed by atoms with Crippen LogP contribution in [0.1, 0.15) is 8.85 Å². The summed E-state index contributed by atoms with van der Waals surface area (Å²) in [5.41, 5.74) is 1.07. The summed E-state index contributed by atoms with van der Waals surface area (Å²) in [5.74, 6) is 0. The minimum atomic E-state index is -0.181. The number of carbonyl (C=O) groups excluding carboxylic acids is 1. The minimum absolute atomic E-state index is 0. The largest absolute Gasteiger partial charge is 1.00 e. The molecule has 0 saturated heterocycles. The molecular weight excluding hydrogens is 897 g/mol. The van der Waals surface area contributed by atoms with E-state index in [9.17, 15) is 0 Å². The van der Waals surface area contributed by atoms with Gasteiger partial charge < -0.3 is 11.6 Å². The van der Waals surface area contributed by atoms with Gasteiger partial charge in [-0.15, -0.1) is 0 Å². The Morgan fingerprint density at radius 2 is 1.53 bits per heavy atom. The Morgan fingerprint density at radius 3 is 1.84 bits per heavy atom. The van der Waals surface area contributed by atoms with Crippen LogP contribution in [0.5, 0.6) is 0 Å². The third-order valence-electron chi connectivity index (χ3n) is 2.84. The molecule has 1 N–H and O–H groups in total. The number of nitrogens with one attached hydrogen (secondary N) is 1. The van der Waals surface area contributed by atoms with Crippen LogP contribution in [0.15, 0.2) is 94.4 Å². The van der Waals surface area contributed by atoms with Crippen LogP contribution in [0.4, 0.5) is 0 Å². The maximum Gasteiger partial charge on any atom is 1.00 e. The van der Waals surface area contributed by atoms with Gasteiger partial charge in [0.25, 0.3) is 6.47 Å². The number of aromatic amines is 1. The summed E-state index contributed by atoms with van der Waals surface area (Å²) in [6.45, 7) is -0.181. The monoisotopic (exact) mass is 916 g/mol. The molecule has 0 spiro atoms. The molecule has 2 aromatic carbocycles. The Morgan fingerprint density at radius 1 is 1.00 bits per heavy atom. The molecule has 0 bridgehead atoms. The van der Waals surface area contributed by atoms with E-state index in [0.717, 1.165) is 14.6 Å². The summed E-state index contributed by atoms with van der Waals surface area (Å²) >= 11 is 9.00. The maximum absolute atomic E-state index is 8.64. The van der Waals surface area contributed by atoms with Crippen molar-refractivity contribution in [2.24, 2.45) is 0 Å². The fourth-order valence-corrected chi connectivity index (χ4v) is 2.55. The molecule has 0 radical (unpaired) electrons. The van der Waals surface area contributed by atoms with Gasteiger partial charge in [0, 0.05) is 37.3 Å². The van der Waals surface area contributed by atoms with Crippen molar-refractivity contribution >= 4 is 60.9 Å². The first-order valence-electron chi connectivity index (χ1n) is 7.89. The molecule has 7 nitrogen and oxygen atoms in total. The molecule has 0 amide bonds. The topological polar surface area (TPSA) is 95.9 Å². The van der Waals surface area contributed by atoms with Crippen molar-refractivity contribution in [1.82, 2.24) is 20.0 Å². The number of nitrogens with zero attached hydrogens (tertiary/aromatic N) is 3. The van der Waals surface area contributed by atoms with Crippen molar-refractivity contribution < 1.29 is 154 Å². The first-order valence-corrected chi connectivity index (χ1v) is 10.6. The maximum atomic E-state index is 8.64. The Kier molecular flexibility index (Phi) is 31.6. The van der Waals surface area contributed by atoms with Gasteiger partial charge in [0.1, 0.15) is 0 Å². The first-order chi connectivity index (χ1) is 14.1. The van der Waals surface area contributed by atoms with Crippen LogP contribution in [0.3, 0.4) is 0 Å². The number of H-pyrrole nitrogens is 1. The van der Waals surface area contributed by atoms with Gasteiger partial charge >= 0.3 is 138 Å². The molecule has 0 aliphatic heterocycles. The van der Waals surface area contributed by atoms with Crippen LogP contribution in [-0.2, 0) is 9.68 Å². The molecule has 0 fully saturated rings. The van der Waals surface area contributed by atoms with Crippen LogP contribution < -0.4 is 143 Å². The quantitative estimate of drug-likeness (QED) is 0.124. The van der Waals surface area contributed by atoms with E-state index in [-0.39, 0.29) is 153 Å². The summed E-state index contributed by atoms with van der Waals surface area (Å²) < 4.78 is 5.31. The summed E-state index contributed by atoms with van der Waals surface area (Å²) in [4.78, 5) is 11.2. The van der Waals surface area contributed by atoms with Gasteiger partial charge in [-0.3, -0.25) is 9.89 Å². The van der Waals surface area contributed by atoms with Gasteiger partial charge in [-0.05, 0) is 83.3 Å². The van der Waals surface area contributed by atoms with Crippen LogP contribution in [0, 0.1) is 3.57 Å². The standard InChI is InChI=1S/C9H7BrN2.C6H4BrI.C3H4N2.CH2O3.CH4.2Cs.H/c10-8-2-4-9(5-3-8)12-7-1-6-11-12;7-5-1-3-6(8)4-2-5;1-2-4-5-3-1;2-1-4-3;;;;/h1-7H;1-4H;1-3H,(H,4,5);1,3H;1H4;;;/q;;;;;2*+1;-1/p-1. The number of benzene rings is 2. The van der Waals surface area contributed by atoms with Gasteiger partial charge in [-0.2, -0.15) is 10.2 Å². The molecule has 0 aliphatic carbocycles. The van der Waals surface area contributed by atoms with E-state index in [2.05, 4.69) is 86.8 Å². The zero-order valence-electron chi connectivity index (χ0n) is 17.9. The second-order valence-corrected chi connectivity index (χ2v) is 7.90. The van der Waals surface area contributed by atoms with E-state index in [4.69, 9.17) is 10.1 Å². The molecule has 4 aromatic rings. The normalized spacial score (nSPS) is 8.00. The summed E-state index contributed by atoms with van der Waals surface area (Å²) in [6.07, 6.45) is 7.14. The van der Waals surface area contributed by atoms with Crippen LogP contribution in [0.2, 0.25) is 0 Å². The van der Waals surface area contributed by atoms with Crippen molar-refractivity contribution in [3.8, 4) is 5.69 Å². The van der Waals surface area contributed by atoms with Crippen molar-refractivity contribution in [3.63, 3.8) is 0 Å². The van der Waals surface area contributed by atoms with E-state index >= 15 is 0 Å². The molecule has 32 heavy (non-hydrogen) atoms. The third kappa shape index (κ3) is 20.3. The average Bonchev–Trinajstić information content (AvgIpc) is 3.48. The van der Waals surface area contributed by atoms with Gasteiger partial charge in [0.2, 0.25) is 0 Å². The molecule has 0 aliphatic rings. The van der Waals surface area contributed by atoms with E-state index in [1.165, 1.54) is 3.57 Å². The SMILES string of the molecule is Brc1ccc(-n2cccn2)cc1.Brc1ccc(I)cc1.C.O=CO[O-].[Cs+].[Cs+].[H-].c1cn[nH]c1. The summed E-state index contributed by atoms with van der Waals surface area (Å²) in [6, 6.07) is 19.9. The molecule has 12 heteroatoms. The smallest absolute Gasteiger partial charge is 1.00 e. The molecule has 162 valence electrons. The number of halogens is 3. The molecule has 2 aromatic heterocycles. The van der Waals surface area contributed by atoms with Gasteiger partial charge in [0.05, 0.1) is 5.69 Å². The Labute approximate surface area is 337 Å². The van der Waals surface area contributed by atoms with Gasteiger partial charge in [-0.1, -0.05) is 39.3 Å². The zero-order valence-corrected chi connectivity index (χ0v) is 34.8. The van der Waals surface area contributed by atoms with Crippen molar-refractivity contribution in [2.75, 3.05) is 0 Å². The summed E-state index contributed by atoms with van der Waals surface area (Å²) in [5, 5.41) is 18.8. The summed E-state index contributed by atoms with van der Waals surface area (Å²) in [7, 11) is 0. The number of rotatable bonds is 2. The number of carbonyl (C=O) groups is 1. The molecule has 4 rings (SSSR count). The molecular formula is C20H21Br2Cs2IN4O3. The number of hydrogen-bond donors (Lipinski definition) is 1. The van der Waals surface area contributed by atoms with Gasteiger partial charge in [0.15, 0.2) is 0 Å². The number of hydrogen-bond acceptors (Lipinski definition) is 5. The predicted molar refractivity (Wildman–Crippen MR) is 132 cm³/mol. The number of aromatic nitrogens is 4. The Bertz CT molecular complexity index is 868. The van der Waals surface area contributed by atoms with Crippen LogP contribution in [0.25, 0.3) is 5.69 Å². The fourth-order valence-electron chi connectivity index (χ4n) is 1.66. The minimum Gasteiger partial charge on any atom is -1.00 e. The zero-order chi connectivity index (χ0) is 21.3. The fraction of sp³-hybridized carbons (Fsp3) is 0.0500. The molecule has 0 saturated carbocycles. The van der Waals surface area contributed by atoms with Crippen molar-refractivity contribution in [3.05, 3.63) is 98.0 Å². The van der Waals surface area contributed by atoms with E-state index in [1.54, 1.807) is 18.6 Å². The molecule has 0 atom stereocenters. The predicted octanol–water partition coefficient (Wildman–Crippen LogP) is -0.710. The Balaban J connectivity index is -0.000000177. The third-order valence-corrected chi connectivity index (χ3v) is 4.62. The second-order valence-electron chi connectivity index (χ2n) is 4.82. The van der Waals surface area contributed by atoms with Crippen molar-refractivity contribution in [1.29, 1.82) is 0 Å². The van der Waals surface area contributed by atoms with Crippen molar-refractivity contribution in [2.45, 2.75) is 7.43 Å².